The molecule has 4 rings (SSSR count). The molecule has 0 unspecified atom stereocenters. The zero-order valence-corrected chi connectivity index (χ0v) is 14.1. The first-order valence-corrected chi connectivity index (χ1v) is 8.16. The number of rotatable bonds is 4. The molecule has 2 aromatic carbocycles. The van der Waals surface area contributed by atoms with Gasteiger partial charge in [-0.2, -0.15) is 5.26 Å². The van der Waals surface area contributed by atoms with E-state index in [0.29, 0.717) is 22.2 Å². The topological polar surface area (TPSA) is 119 Å². The Labute approximate surface area is 154 Å². The molecule has 0 aliphatic carbocycles. The summed E-state index contributed by atoms with van der Waals surface area (Å²) in [5, 5.41) is 17.4. The molecule has 0 saturated carbocycles. The largest absolute Gasteiger partial charge is 0.419 e. The predicted molar refractivity (Wildman–Crippen MR) is 98.3 cm³/mol. The lowest BCUT2D eigenvalue weighted by molar-refractivity contribution is 0.100. The Morgan fingerprint density at radius 2 is 1.81 bits per heavy atom. The second-order valence-corrected chi connectivity index (χ2v) is 5.79. The van der Waals surface area contributed by atoms with Gasteiger partial charge in [0.25, 0.3) is 5.89 Å². The van der Waals surface area contributed by atoms with Gasteiger partial charge in [0.05, 0.1) is 28.4 Å². The molecule has 0 aliphatic heterocycles. The molecule has 2 aromatic heterocycles. The summed E-state index contributed by atoms with van der Waals surface area (Å²) in [6, 6.07) is 18.6. The summed E-state index contributed by atoms with van der Waals surface area (Å²) in [6.45, 7) is 0. The molecule has 7 heteroatoms. The van der Waals surface area contributed by atoms with Crippen LogP contribution in [0.2, 0.25) is 0 Å². The normalized spacial score (nSPS) is 10.6. The van der Waals surface area contributed by atoms with Gasteiger partial charge >= 0.3 is 0 Å². The number of nitrogens with two attached hydrogens (primary N) is 1. The molecule has 0 spiro atoms. The first-order chi connectivity index (χ1) is 13.2. The summed E-state index contributed by atoms with van der Waals surface area (Å²) in [4.78, 5) is 17.1. The van der Waals surface area contributed by atoms with Crippen molar-refractivity contribution in [3.8, 4) is 28.8 Å². The predicted octanol–water partition coefficient (Wildman–Crippen LogP) is 3.12. The second-order valence-electron chi connectivity index (χ2n) is 5.79. The molecule has 130 valence electrons. The van der Waals surface area contributed by atoms with E-state index in [-0.39, 0.29) is 23.8 Å². The molecule has 2 N–H and O–H groups in total. The summed E-state index contributed by atoms with van der Waals surface area (Å²) < 4.78 is 5.62. The van der Waals surface area contributed by atoms with Gasteiger partial charge in [0.1, 0.15) is 6.42 Å². The molecule has 1 amide bonds. The van der Waals surface area contributed by atoms with Crippen molar-refractivity contribution >= 4 is 16.8 Å². The number of amides is 1. The number of hydrogen-bond donors (Lipinski definition) is 1. The number of nitriles is 1. The highest BCUT2D eigenvalue weighted by atomic mass is 16.4. The van der Waals surface area contributed by atoms with Gasteiger partial charge in [-0.05, 0) is 6.07 Å². The van der Waals surface area contributed by atoms with Gasteiger partial charge in [-0.15, -0.1) is 10.2 Å². The molecule has 0 atom stereocenters. The Morgan fingerprint density at radius 1 is 1.07 bits per heavy atom. The molecule has 0 radical (unpaired) electrons. The van der Waals surface area contributed by atoms with Crippen LogP contribution in [0.5, 0.6) is 0 Å². The fraction of sp³-hybridized carbons (Fsp3) is 0.0500. The maximum absolute atomic E-state index is 12.4. The second kappa shape index (κ2) is 6.69. The van der Waals surface area contributed by atoms with Crippen LogP contribution in [0.3, 0.4) is 0 Å². The van der Waals surface area contributed by atoms with E-state index in [1.54, 1.807) is 12.1 Å². The standard InChI is InChI=1S/C20H13N5O2/c21-11-10-15-24-25-20(27-15)17-16(19(22)26)13-8-4-5-9-14(13)23-18(17)12-6-2-1-3-7-12/h1-9H,10H2,(H2,22,26). The lowest BCUT2D eigenvalue weighted by Crippen LogP contribution is -2.14. The number of carbonyl (C=O) groups excluding carboxylic acids is 1. The van der Waals surface area contributed by atoms with Crippen LogP contribution >= 0.6 is 0 Å². The number of primary amides is 1. The van der Waals surface area contributed by atoms with Gasteiger partial charge in [0.15, 0.2) is 0 Å². The third-order valence-corrected chi connectivity index (χ3v) is 4.10. The van der Waals surface area contributed by atoms with Crippen molar-refractivity contribution in [2.45, 2.75) is 6.42 Å². The van der Waals surface area contributed by atoms with E-state index in [1.165, 1.54) is 0 Å². The highest BCUT2D eigenvalue weighted by molar-refractivity contribution is 6.12. The molecular weight excluding hydrogens is 342 g/mol. The van der Waals surface area contributed by atoms with Gasteiger partial charge in [-0.25, -0.2) is 4.98 Å². The lowest BCUT2D eigenvalue weighted by atomic mass is 9.96. The van der Waals surface area contributed by atoms with E-state index in [1.807, 2.05) is 48.5 Å². The fourth-order valence-electron chi connectivity index (χ4n) is 2.97. The van der Waals surface area contributed by atoms with E-state index < -0.39 is 5.91 Å². The number of hydrogen-bond acceptors (Lipinski definition) is 6. The minimum absolute atomic E-state index is 0.0272. The molecule has 0 fully saturated rings. The van der Waals surface area contributed by atoms with Crippen molar-refractivity contribution in [3.05, 3.63) is 66.1 Å². The van der Waals surface area contributed by atoms with Crippen LogP contribution < -0.4 is 5.73 Å². The Bertz CT molecular complexity index is 1190. The Kier molecular flexibility index (Phi) is 4.07. The summed E-state index contributed by atoms with van der Waals surface area (Å²) in [5.41, 5.74) is 8.26. The van der Waals surface area contributed by atoms with Crippen LogP contribution in [0.15, 0.2) is 59.0 Å². The molecule has 0 bridgehead atoms. The molecule has 0 aliphatic rings. The van der Waals surface area contributed by atoms with Gasteiger partial charge in [-0.3, -0.25) is 4.79 Å². The minimum Gasteiger partial charge on any atom is -0.419 e. The van der Waals surface area contributed by atoms with E-state index in [9.17, 15) is 4.79 Å². The first-order valence-electron chi connectivity index (χ1n) is 8.16. The lowest BCUT2D eigenvalue weighted by Gasteiger charge is -2.13. The molecule has 4 aromatic rings. The fourth-order valence-corrected chi connectivity index (χ4v) is 2.97. The first kappa shape index (κ1) is 16.4. The van der Waals surface area contributed by atoms with Crippen molar-refractivity contribution in [2.24, 2.45) is 5.73 Å². The third-order valence-electron chi connectivity index (χ3n) is 4.10. The average molecular weight is 355 g/mol. The van der Waals surface area contributed by atoms with Crippen molar-refractivity contribution in [2.75, 3.05) is 0 Å². The Hall–Kier alpha value is -4.05. The summed E-state index contributed by atoms with van der Waals surface area (Å²) in [7, 11) is 0. The van der Waals surface area contributed by atoms with Gasteiger partial charge in [0.2, 0.25) is 11.8 Å². The number of fused-ring (bicyclic) bond motifs is 1. The number of para-hydroxylation sites is 1. The highest BCUT2D eigenvalue weighted by Gasteiger charge is 2.25. The van der Waals surface area contributed by atoms with Crippen LogP contribution in [0, 0.1) is 11.3 Å². The van der Waals surface area contributed by atoms with Crippen molar-refractivity contribution in [1.82, 2.24) is 15.2 Å². The smallest absolute Gasteiger partial charge is 0.250 e. The van der Waals surface area contributed by atoms with Crippen LogP contribution in [0.4, 0.5) is 0 Å². The molecule has 7 nitrogen and oxygen atoms in total. The van der Waals surface area contributed by atoms with E-state index in [2.05, 4.69) is 10.2 Å². The maximum Gasteiger partial charge on any atom is 0.250 e. The molecule has 0 saturated heterocycles. The number of nitrogens with zero attached hydrogens (tertiary/aromatic N) is 4. The average Bonchev–Trinajstić information content (AvgIpc) is 3.15. The number of pyridine rings is 1. The quantitative estimate of drug-likeness (QED) is 0.601. The summed E-state index contributed by atoms with van der Waals surface area (Å²) in [6.07, 6.45) is -0.0272. The number of aromatic nitrogens is 3. The van der Waals surface area contributed by atoms with Crippen molar-refractivity contribution in [1.29, 1.82) is 5.26 Å². The van der Waals surface area contributed by atoms with Crippen LogP contribution in [-0.2, 0) is 6.42 Å². The third kappa shape index (κ3) is 2.89. The van der Waals surface area contributed by atoms with E-state index >= 15 is 0 Å². The Balaban J connectivity index is 2.11. The highest BCUT2D eigenvalue weighted by Crippen LogP contribution is 2.36. The van der Waals surface area contributed by atoms with Crippen LogP contribution in [0.25, 0.3) is 33.6 Å². The SMILES string of the molecule is N#CCc1nnc(-c2c(-c3ccccc3)nc3ccccc3c2C(N)=O)o1. The van der Waals surface area contributed by atoms with Crippen molar-refractivity contribution in [3.63, 3.8) is 0 Å². The number of carbonyl (C=O) groups is 1. The van der Waals surface area contributed by atoms with Gasteiger partial charge in [-0.1, -0.05) is 48.5 Å². The monoisotopic (exact) mass is 355 g/mol. The van der Waals surface area contributed by atoms with Crippen LogP contribution in [-0.4, -0.2) is 21.1 Å². The summed E-state index contributed by atoms with van der Waals surface area (Å²) in [5.74, 6) is -0.359. The van der Waals surface area contributed by atoms with E-state index in [0.717, 1.165) is 5.56 Å². The van der Waals surface area contributed by atoms with Gasteiger partial charge in [0, 0.05) is 10.9 Å². The number of benzene rings is 2. The van der Waals surface area contributed by atoms with Gasteiger partial charge < -0.3 is 10.2 Å². The van der Waals surface area contributed by atoms with Crippen LogP contribution in [0.1, 0.15) is 16.2 Å². The summed E-state index contributed by atoms with van der Waals surface area (Å²) >= 11 is 0. The minimum atomic E-state index is -0.624. The molecular formula is C20H13N5O2. The molecule has 2 heterocycles. The van der Waals surface area contributed by atoms with E-state index in [4.69, 9.17) is 20.4 Å². The molecule has 27 heavy (non-hydrogen) atoms. The zero-order chi connectivity index (χ0) is 18.8. The maximum atomic E-state index is 12.4. The zero-order valence-electron chi connectivity index (χ0n) is 14.1. The van der Waals surface area contributed by atoms with Crippen molar-refractivity contribution < 1.29 is 9.21 Å². The Morgan fingerprint density at radius 3 is 2.56 bits per heavy atom.